The van der Waals surface area contributed by atoms with Crippen molar-refractivity contribution in [2.75, 3.05) is 44.2 Å². The van der Waals surface area contributed by atoms with E-state index in [1.807, 2.05) is 28.0 Å². The molecule has 2 aliphatic rings. The molecule has 2 N–H and O–H groups in total. The third kappa shape index (κ3) is 4.50. The van der Waals surface area contributed by atoms with Crippen LogP contribution < -0.4 is 15.4 Å². The summed E-state index contributed by atoms with van der Waals surface area (Å²) in [7, 11) is 0. The average Bonchev–Trinajstić information content (AvgIpc) is 2.84. The van der Waals surface area contributed by atoms with E-state index in [1.54, 1.807) is 6.07 Å². The van der Waals surface area contributed by atoms with Crippen LogP contribution in [0.5, 0.6) is 5.75 Å². The van der Waals surface area contributed by atoms with Gasteiger partial charge >= 0.3 is 0 Å². The third-order valence-corrected chi connectivity index (χ3v) is 6.50. The van der Waals surface area contributed by atoms with Crippen LogP contribution in [0.25, 0.3) is 10.8 Å². The molecule has 1 atom stereocenters. The number of carbonyl (C=O) groups excluding carboxylic acids is 2. The number of para-hydroxylation sites is 2. The number of hydrogen-bond donors (Lipinski definition) is 1. The predicted octanol–water partition coefficient (Wildman–Crippen LogP) is 2.24. The van der Waals surface area contributed by atoms with Crippen LogP contribution in [0.4, 0.5) is 5.69 Å². The highest BCUT2D eigenvalue weighted by Gasteiger charge is 2.31. The zero-order valence-corrected chi connectivity index (χ0v) is 18.5. The van der Waals surface area contributed by atoms with E-state index in [0.717, 1.165) is 25.3 Å². The number of hydrogen-bond acceptors (Lipinski definition) is 5. The molecular formula is C26H28N4O3. The molecule has 0 radical (unpaired) electrons. The van der Waals surface area contributed by atoms with Crippen molar-refractivity contribution < 1.29 is 14.3 Å². The van der Waals surface area contributed by atoms with Crippen molar-refractivity contribution in [2.24, 2.45) is 5.73 Å². The maximum Gasteiger partial charge on any atom is 0.260 e. The van der Waals surface area contributed by atoms with Gasteiger partial charge in [-0.3, -0.25) is 14.5 Å². The Labute approximate surface area is 193 Å². The molecule has 3 aromatic carbocycles. The molecule has 2 aliphatic heterocycles. The second-order valence-corrected chi connectivity index (χ2v) is 8.65. The molecular weight excluding hydrogens is 416 g/mol. The van der Waals surface area contributed by atoms with E-state index >= 15 is 0 Å². The smallest absolute Gasteiger partial charge is 0.260 e. The highest BCUT2D eigenvalue weighted by molar-refractivity contribution is 5.86. The normalized spacial score (nSPS) is 18.6. The van der Waals surface area contributed by atoms with Gasteiger partial charge in [0.15, 0.2) is 6.10 Å². The van der Waals surface area contributed by atoms with Crippen molar-refractivity contribution in [3.63, 3.8) is 0 Å². The van der Waals surface area contributed by atoms with Crippen LogP contribution >= 0.6 is 0 Å². The zero-order chi connectivity index (χ0) is 22.8. The van der Waals surface area contributed by atoms with E-state index < -0.39 is 12.0 Å². The van der Waals surface area contributed by atoms with E-state index in [-0.39, 0.29) is 19.0 Å². The summed E-state index contributed by atoms with van der Waals surface area (Å²) < 4.78 is 5.70. The second-order valence-electron chi connectivity index (χ2n) is 8.65. The van der Waals surface area contributed by atoms with E-state index in [4.69, 9.17) is 10.5 Å². The topological polar surface area (TPSA) is 79.1 Å². The Morgan fingerprint density at radius 2 is 1.64 bits per heavy atom. The average molecular weight is 445 g/mol. The third-order valence-electron chi connectivity index (χ3n) is 6.50. The summed E-state index contributed by atoms with van der Waals surface area (Å²) in [6.45, 7) is 4.40. The molecule has 0 spiro atoms. The van der Waals surface area contributed by atoms with Gasteiger partial charge in [-0.1, -0.05) is 54.6 Å². The number of nitrogens with two attached hydrogens (primary N) is 1. The maximum atomic E-state index is 13.1. The summed E-state index contributed by atoms with van der Waals surface area (Å²) in [5.74, 6) is 0.115. The largest absolute Gasteiger partial charge is 0.477 e. The molecule has 0 aliphatic carbocycles. The van der Waals surface area contributed by atoms with Crippen LogP contribution in [-0.2, 0) is 16.1 Å². The van der Waals surface area contributed by atoms with E-state index in [9.17, 15) is 9.59 Å². The summed E-state index contributed by atoms with van der Waals surface area (Å²) >= 11 is 0. The number of amides is 2. The van der Waals surface area contributed by atoms with E-state index in [0.29, 0.717) is 18.8 Å². The summed E-state index contributed by atoms with van der Waals surface area (Å²) in [5.41, 5.74) is 7.61. The minimum Gasteiger partial charge on any atom is -0.477 e. The fourth-order valence-corrected chi connectivity index (χ4v) is 4.69. The van der Waals surface area contributed by atoms with Gasteiger partial charge in [-0.2, -0.15) is 0 Å². The second kappa shape index (κ2) is 9.11. The Bertz CT molecular complexity index is 1170. The quantitative estimate of drug-likeness (QED) is 0.653. The first kappa shape index (κ1) is 21.3. The SMILES string of the molecule is NC(=O)[C@H]1CN(CC(=O)N2CCN(Cc3cccc4ccccc34)CC2)c2ccccc2O1. The number of fused-ring (bicyclic) bond motifs is 2. The zero-order valence-electron chi connectivity index (χ0n) is 18.5. The number of rotatable bonds is 5. The molecule has 2 heterocycles. The van der Waals surface area contributed by atoms with Gasteiger partial charge in [0, 0.05) is 32.7 Å². The van der Waals surface area contributed by atoms with Crippen molar-refractivity contribution in [3.05, 3.63) is 72.3 Å². The molecule has 1 saturated heterocycles. The predicted molar refractivity (Wildman–Crippen MR) is 128 cm³/mol. The molecule has 1 fully saturated rings. The minimum absolute atomic E-state index is 0.0553. The van der Waals surface area contributed by atoms with Crippen LogP contribution in [0.3, 0.4) is 0 Å². The van der Waals surface area contributed by atoms with Crippen LogP contribution in [0.15, 0.2) is 66.7 Å². The standard InChI is InChI=1S/C26H28N4O3/c27-26(32)24-17-30(22-10-3-4-11-23(22)33-24)18-25(31)29-14-12-28(13-15-29)16-20-8-5-7-19-6-1-2-9-21(19)20/h1-11,24H,12-18H2,(H2,27,32)/t24-/m1/s1. The minimum atomic E-state index is -0.759. The molecule has 0 aromatic heterocycles. The van der Waals surface area contributed by atoms with Gasteiger partial charge in [0.2, 0.25) is 5.91 Å². The van der Waals surface area contributed by atoms with Gasteiger partial charge < -0.3 is 20.3 Å². The molecule has 2 amide bonds. The first-order valence-corrected chi connectivity index (χ1v) is 11.4. The number of anilines is 1. The molecule has 7 heteroatoms. The lowest BCUT2D eigenvalue weighted by molar-refractivity contribution is -0.132. The number of benzene rings is 3. The number of ether oxygens (including phenoxy) is 1. The molecule has 0 bridgehead atoms. The molecule has 5 rings (SSSR count). The molecule has 33 heavy (non-hydrogen) atoms. The van der Waals surface area contributed by atoms with Crippen molar-refractivity contribution in [3.8, 4) is 5.75 Å². The number of carbonyl (C=O) groups is 2. The van der Waals surface area contributed by atoms with Crippen molar-refractivity contribution in [1.29, 1.82) is 0 Å². The van der Waals surface area contributed by atoms with Crippen molar-refractivity contribution in [1.82, 2.24) is 9.80 Å². The maximum absolute atomic E-state index is 13.1. The molecule has 7 nitrogen and oxygen atoms in total. The fourth-order valence-electron chi connectivity index (χ4n) is 4.69. The van der Waals surface area contributed by atoms with Crippen LogP contribution in [0.2, 0.25) is 0 Å². The Hall–Kier alpha value is -3.58. The first-order valence-electron chi connectivity index (χ1n) is 11.4. The van der Waals surface area contributed by atoms with Gasteiger partial charge in [-0.25, -0.2) is 0 Å². The van der Waals surface area contributed by atoms with Gasteiger partial charge in [0.25, 0.3) is 5.91 Å². The highest BCUT2D eigenvalue weighted by Crippen LogP contribution is 2.33. The molecule has 170 valence electrons. The van der Waals surface area contributed by atoms with Crippen LogP contribution in [0.1, 0.15) is 5.56 Å². The molecule has 0 unspecified atom stereocenters. The van der Waals surface area contributed by atoms with Crippen molar-refractivity contribution >= 4 is 28.3 Å². The molecule has 0 saturated carbocycles. The lowest BCUT2D eigenvalue weighted by Crippen LogP contribution is -2.53. The molecule has 3 aromatic rings. The number of primary amides is 1. The monoisotopic (exact) mass is 444 g/mol. The van der Waals surface area contributed by atoms with Gasteiger partial charge in [0.05, 0.1) is 18.8 Å². The Kier molecular flexibility index (Phi) is 5.88. The van der Waals surface area contributed by atoms with Gasteiger partial charge in [-0.15, -0.1) is 0 Å². The van der Waals surface area contributed by atoms with Gasteiger partial charge in [-0.05, 0) is 28.5 Å². The Morgan fingerprint density at radius 3 is 2.45 bits per heavy atom. The number of piperazine rings is 1. The van der Waals surface area contributed by atoms with E-state index in [1.165, 1.54) is 16.3 Å². The Balaban J connectivity index is 1.21. The van der Waals surface area contributed by atoms with E-state index in [2.05, 4.69) is 47.4 Å². The first-order chi connectivity index (χ1) is 16.1. The number of nitrogens with zero attached hydrogens (tertiary/aromatic N) is 3. The Morgan fingerprint density at radius 1 is 0.909 bits per heavy atom. The van der Waals surface area contributed by atoms with Crippen molar-refractivity contribution in [2.45, 2.75) is 12.6 Å². The summed E-state index contributed by atoms with van der Waals surface area (Å²) in [4.78, 5) is 31.1. The lowest BCUT2D eigenvalue weighted by Gasteiger charge is -2.38. The summed E-state index contributed by atoms with van der Waals surface area (Å²) in [5, 5.41) is 2.54. The van der Waals surface area contributed by atoms with Gasteiger partial charge in [0.1, 0.15) is 5.75 Å². The lowest BCUT2D eigenvalue weighted by atomic mass is 10.0. The highest BCUT2D eigenvalue weighted by atomic mass is 16.5. The summed E-state index contributed by atoms with van der Waals surface area (Å²) in [6, 6.07) is 22.3. The van der Waals surface area contributed by atoms with Crippen LogP contribution in [0, 0.1) is 0 Å². The summed E-state index contributed by atoms with van der Waals surface area (Å²) in [6.07, 6.45) is -0.759. The van der Waals surface area contributed by atoms with Crippen LogP contribution in [-0.4, -0.2) is 67.0 Å². The fraction of sp³-hybridized carbons (Fsp3) is 0.308.